The van der Waals surface area contributed by atoms with E-state index in [1.807, 2.05) is 12.1 Å². The van der Waals surface area contributed by atoms with Crippen LogP contribution in [0.4, 0.5) is 11.4 Å². The zero-order valence-corrected chi connectivity index (χ0v) is 11.8. The van der Waals surface area contributed by atoms with Gasteiger partial charge in [-0.1, -0.05) is 18.2 Å². The molecule has 0 bridgehead atoms. The fourth-order valence-electron chi connectivity index (χ4n) is 1.90. The van der Waals surface area contributed by atoms with Gasteiger partial charge in [0.05, 0.1) is 23.3 Å². The Balaban J connectivity index is 2.23. The highest BCUT2D eigenvalue weighted by Gasteiger charge is 2.17. The lowest BCUT2D eigenvalue weighted by atomic mass is 10.1. The molecule has 0 amide bonds. The Morgan fingerprint density at radius 3 is 2.67 bits per heavy atom. The van der Waals surface area contributed by atoms with E-state index in [9.17, 15) is 10.1 Å². The molecule has 2 aromatic carbocycles. The van der Waals surface area contributed by atoms with Gasteiger partial charge in [-0.05, 0) is 25.1 Å². The fourth-order valence-corrected chi connectivity index (χ4v) is 1.90. The third-order valence-electron chi connectivity index (χ3n) is 2.98. The smallest absolute Gasteiger partial charge is 0.274 e. The molecule has 108 valence electrons. The van der Waals surface area contributed by atoms with Gasteiger partial charge in [0.25, 0.3) is 5.69 Å². The van der Waals surface area contributed by atoms with Crippen molar-refractivity contribution in [3.05, 3.63) is 64.2 Å². The molecule has 0 saturated heterocycles. The Labute approximate surface area is 122 Å². The first-order valence-corrected chi connectivity index (χ1v) is 6.40. The van der Waals surface area contributed by atoms with Crippen LogP contribution in [-0.2, 0) is 0 Å². The summed E-state index contributed by atoms with van der Waals surface area (Å²) in [5, 5.41) is 19.3. The lowest BCUT2D eigenvalue weighted by Crippen LogP contribution is -1.97. The molecule has 0 spiro atoms. The van der Waals surface area contributed by atoms with Crippen molar-refractivity contribution in [3.8, 4) is 5.75 Å². The highest BCUT2D eigenvalue weighted by atomic mass is 16.6. The van der Waals surface area contributed by atoms with Crippen LogP contribution in [0.25, 0.3) is 0 Å². The van der Waals surface area contributed by atoms with Gasteiger partial charge in [-0.3, -0.25) is 10.1 Å². The minimum atomic E-state index is -0.410. The van der Waals surface area contributed by atoms with Crippen LogP contribution in [-0.4, -0.2) is 12.0 Å². The summed E-state index contributed by atoms with van der Waals surface area (Å²) in [5.41, 5.74) is 1.23. The molecule has 0 radical (unpaired) electrons. The van der Waals surface area contributed by atoms with Crippen LogP contribution in [0.5, 0.6) is 5.75 Å². The van der Waals surface area contributed by atoms with Crippen molar-refractivity contribution in [1.82, 2.24) is 0 Å². The molecule has 0 N–H and O–H groups in total. The lowest BCUT2D eigenvalue weighted by Gasteiger charge is -2.06. The number of nitro groups is 1. The second kappa shape index (κ2) is 6.60. The standard InChI is InChI=1S/C15H15N3O3/c1-11(14-8-3-4-9-15(14)18(19)20)16-17-12-6-5-7-13(10-12)21-2/h3-11H,1-2H3. The number of ether oxygens (including phenoxy) is 1. The molecule has 0 aliphatic rings. The topological polar surface area (TPSA) is 77.1 Å². The summed E-state index contributed by atoms with van der Waals surface area (Å²) >= 11 is 0. The first kappa shape index (κ1) is 14.6. The maximum atomic E-state index is 11.0. The first-order chi connectivity index (χ1) is 10.1. The number of rotatable bonds is 5. The van der Waals surface area contributed by atoms with E-state index >= 15 is 0 Å². The molecule has 1 atom stereocenters. The van der Waals surface area contributed by atoms with E-state index in [2.05, 4.69) is 10.2 Å². The number of nitrogens with zero attached hydrogens (tertiary/aromatic N) is 3. The van der Waals surface area contributed by atoms with E-state index in [1.54, 1.807) is 44.4 Å². The molecule has 0 aliphatic carbocycles. The van der Waals surface area contributed by atoms with E-state index in [0.29, 0.717) is 17.0 Å². The molecule has 0 aromatic heterocycles. The molecule has 6 heteroatoms. The van der Waals surface area contributed by atoms with Crippen LogP contribution >= 0.6 is 0 Å². The zero-order chi connectivity index (χ0) is 15.2. The summed E-state index contributed by atoms with van der Waals surface area (Å²) in [6, 6.07) is 13.3. The van der Waals surface area contributed by atoms with Gasteiger partial charge in [-0.2, -0.15) is 10.2 Å². The molecule has 21 heavy (non-hydrogen) atoms. The summed E-state index contributed by atoms with van der Waals surface area (Å²) in [7, 11) is 1.58. The van der Waals surface area contributed by atoms with Crippen molar-refractivity contribution in [2.24, 2.45) is 10.2 Å². The summed E-state index contributed by atoms with van der Waals surface area (Å²) in [6.45, 7) is 1.77. The molecule has 0 aliphatic heterocycles. The van der Waals surface area contributed by atoms with Crippen LogP contribution in [0, 0.1) is 10.1 Å². The van der Waals surface area contributed by atoms with Crippen molar-refractivity contribution >= 4 is 11.4 Å². The Morgan fingerprint density at radius 2 is 1.95 bits per heavy atom. The number of hydrogen-bond acceptors (Lipinski definition) is 5. The predicted molar refractivity (Wildman–Crippen MR) is 79.0 cm³/mol. The maximum Gasteiger partial charge on any atom is 0.274 e. The van der Waals surface area contributed by atoms with Crippen LogP contribution in [0.15, 0.2) is 58.8 Å². The molecule has 6 nitrogen and oxygen atoms in total. The highest BCUT2D eigenvalue weighted by molar-refractivity contribution is 5.43. The van der Waals surface area contributed by atoms with Crippen LogP contribution < -0.4 is 4.74 Å². The number of nitro benzene ring substituents is 1. The van der Waals surface area contributed by atoms with E-state index < -0.39 is 11.0 Å². The average Bonchev–Trinajstić information content (AvgIpc) is 2.52. The van der Waals surface area contributed by atoms with Gasteiger partial charge in [0.1, 0.15) is 11.8 Å². The van der Waals surface area contributed by atoms with Crippen molar-refractivity contribution < 1.29 is 9.66 Å². The Bertz CT molecular complexity index is 671. The number of azo groups is 1. The lowest BCUT2D eigenvalue weighted by molar-refractivity contribution is -0.385. The SMILES string of the molecule is COc1cccc(N=NC(C)c2ccccc2[N+](=O)[O-])c1. The van der Waals surface area contributed by atoms with Gasteiger partial charge in [-0.25, -0.2) is 0 Å². The quantitative estimate of drug-likeness (QED) is 0.462. The Morgan fingerprint density at radius 1 is 1.19 bits per heavy atom. The second-order valence-electron chi connectivity index (χ2n) is 4.41. The third kappa shape index (κ3) is 3.62. The summed E-state index contributed by atoms with van der Waals surface area (Å²) < 4.78 is 5.11. The van der Waals surface area contributed by atoms with Crippen molar-refractivity contribution in [2.45, 2.75) is 13.0 Å². The number of para-hydroxylation sites is 1. The van der Waals surface area contributed by atoms with Gasteiger partial charge >= 0.3 is 0 Å². The zero-order valence-electron chi connectivity index (χ0n) is 11.8. The molecule has 1 unspecified atom stereocenters. The normalized spacial score (nSPS) is 12.3. The molecule has 2 rings (SSSR count). The van der Waals surface area contributed by atoms with Gasteiger partial charge in [-0.15, -0.1) is 0 Å². The van der Waals surface area contributed by atoms with E-state index in [-0.39, 0.29) is 5.69 Å². The average molecular weight is 285 g/mol. The van der Waals surface area contributed by atoms with Gasteiger partial charge in [0, 0.05) is 12.1 Å². The summed E-state index contributed by atoms with van der Waals surface area (Å²) in [4.78, 5) is 10.6. The molecule has 0 fully saturated rings. The first-order valence-electron chi connectivity index (χ1n) is 6.40. The molecular weight excluding hydrogens is 270 g/mol. The Hall–Kier alpha value is -2.76. The Kier molecular flexibility index (Phi) is 4.61. The molecule has 2 aromatic rings. The van der Waals surface area contributed by atoms with Crippen LogP contribution in [0.1, 0.15) is 18.5 Å². The van der Waals surface area contributed by atoms with E-state index in [1.165, 1.54) is 6.07 Å². The molecule has 0 saturated carbocycles. The third-order valence-corrected chi connectivity index (χ3v) is 2.98. The summed E-state index contributed by atoms with van der Waals surface area (Å²) in [6.07, 6.45) is 0. The van der Waals surface area contributed by atoms with Crippen molar-refractivity contribution in [3.63, 3.8) is 0 Å². The van der Waals surface area contributed by atoms with Crippen LogP contribution in [0.3, 0.4) is 0 Å². The second-order valence-corrected chi connectivity index (χ2v) is 4.41. The largest absolute Gasteiger partial charge is 0.497 e. The van der Waals surface area contributed by atoms with Crippen molar-refractivity contribution in [2.75, 3.05) is 7.11 Å². The predicted octanol–water partition coefficient (Wildman–Crippen LogP) is 4.45. The molecular formula is C15H15N3O3. The number of methoxy groups -OCH3 is 1. The maximum absolute atomic E-state index is 11.0. The van der Waals surface area contributed by atoms with Crippen LogP contribution in [0.2, 0.25) is 0 Å². The number of hydrogen-bond donors (Lipinski definition) is 0. The monoisotopic (exact) mass is 285 g/mol. The van der Waals surface area contributed by atoms with E-state index in [0.717, 1.165) is 0 Å². The number of benzene rings is 2. The van der Waals surface area contributed by atoms with Gasteiger partial charge in [0.15, 0.2) is 0 Å². The summed E-state index contributed by atoms with van der Waals surface area (Å²) in [5.74, 6) is 0.685. The van der Waals surface area contributed by atoms with E-state index in [4.69, 9.17) is 4.74 Å². The van der Waals surface area contributed by atoms with Crippen molar-refractivity contribution in [1.29, 1.82) is 0 Å². The molecule has 0 heterocycles. The minimum absolute atomic E-state index is 0.0505. The van der Waals surface area contributed by atoms with Gasteiger partial charge in [0.2, 0.25) is 0 Å². The fraction of sp³-hybridized carbons (Fsp3) is 0.200. The highest BCUT2D eigenvalue weighted by Crippen LogP contribution is 2.28. The minimum Gasteiger partial charge on any atom is -0.497 e. The van der Waals surface area contributed by atoms with Gasteiger partial charge < -0.3 is 4.74 Å².